The van der Waals surface area contributed by atoms with Crippen molar-refractivity contribution in [2.75, 3.05) is 0 Å². The molecule has 2 aromatic rings. The van der Waals surface area contributed by atoms with E-state index in [9.17, 15) is 0 Å². The Morgan fingerprint density at radius 3 is 2.75 bits per heavy atom. The molecule has 1 aromatic carbocycles. The van der Waals surface area contributed by atoms with Crippen LogP contribution >= 0.6 is 0 Å². The van der Waals surface area contributed by atoms with Crippen molar-refractivity contribution >= 4 is 10.9 Å². The van der Waals surface area contributed by atoms with Gasteiger partial charge in [-0.2, -0.15) is 0 Å². The molecule has 3 rings (SSSR count). The third-order valence-electron chi connectivity index (χ3n) is 4.61. The van der Waals surface area contributed by atoms with Crippen molar-refractivity contribution in [3.8, 4) is 0 Å². The lowest BCUT2D eigenvalue weighted by molar-refractivity contribution is 0.367. The summed E-state index contributed by atoms with van der Waals surface area (Å²) in [5.41, 5.74) is 3.18. The normalized spacial score (nSPS) is 17.5. The zero-order valence-electron chi connectivity index (χ0n) is 12.7. The van der Waals surface area contributed by atoms with E-state index in [-0.39, 0.29) is 0 Å². The first-order valence-corrected chi connectivity index (χ1v) is 7.95. The number of unbranched alkanes of at least 4 members (excludes halogenated alkanes) is 1. The van der Waals surface area contributed by atoms with E-state index in [1.165, 1.54) is 48.6 Å². The molecule has 0 spiro atoms. The molecule has 1 heteroatoms. The van der Waals surface area contributed by atoms with Crippen molar-refractivity contribution in [1.29, 1.82) is 0 Å². The Labute approximate surface area is 122 Å². The lowest BCUT2D eigenvalue weighted by Gasteiger charge is -2.20. The van der Waals surface area contributed by atoms with Crippen molar-refractivity contribution in [2.24, 2.45) is 11.3 Å². The van der Waals surface area contributed by atoms with E-state index < -0.39 is 0 Å². The van der Waals surface area contributed by atoms with Crippen LogP contribution in [-0.2, 0) is 6.42 Å². The molecule has 1 aromatic heterocycles. The summed E-state index contributed by atoms with van der Waals surface area (Å²) >= 11 is 0. The SMILES string of the molecule is CCCCC(Cc1c[nH]c2ccccc12)CC1(C)C=C1. The monoisotopic (exact) mass is 267 g/mol. The number of rotatable bonds is 7. The number of allylic oxidation sites excluding steroid dienone is 2. The molecule has 0 saturated carbocycles. The quantitative estimate of drug-likeness (QED) is 0.639. The standard InChI is InChI=1S/C19H25N/c1-3-4-7-15(13-19(2)10-11-19)12-16-14-20-18-9-6-5-8-17(16)18/h5-6,8-11,14-15,20H,3-4,7,12-13H2,1-2H3. The number of benzene rings is 1. The first-order valence-electron chi connectivity index (χ1n) is 7.95. The Morgan fingerprint density at radius 1 is 1.20 bits per heavy atom. The second-order valence-corrected chi connectivity index (χ2v) is 6.62. The number of H-pyrrole nitrogens is 1. The maximum absolute atomic E-state index is 3.41. The minimum atomic E-state index is 0.421. The fourth-order valence-corrected chi connectivity index (χ4v) is 3.28. The Bertz CT molecular complexity index is 599. The van der Waals surface area contributed by atoms with Crippen LogP contribution in [0.4, 0.5) is 0 Å². The van der Waals surface area contributed by atoms with Gasteiger partial charge in [-0.1, -0.05) is 63.5 Å². The van der Waals surface area contributed by atoms with Crippen molar-refractivity contribution in [3.63, 3.8) is 0 Å². The minimum absolute atomic E-state index is 0.421. The lowest BCUT2D eigenvalue weighted by atomic mass is 9.84. The molecule has 1 aliphatic carbocycles. The second kappa shape index (κ2) is 5.47. The van der Waals surface area contributed by atoms with Crippen LogP contribution in [0.2, 0.25) is 0 Å². The van der Waals surface area contributed by atoms with Crippen LogP contribution in [-0.4, -0.2) is 4.98 Å². The highest BCUT2D eigenvalue weighted by Gasteiger charge is 2.31. The first-order chi connectivity index (χ1) is 9.70. The highest BCUT2D eigenvalue weighted by atomic mass is 14.7. The summed E-state index contributed by atoms with van der Waals surface area (Å²) in [7, 11) is 0. The zero-order valence-corrected chi connectivity index (χ0v) is 12.7. The first kappa shape index (κ1) is 13.5. The molecule has 0 aliphatic heterocycles. The number of aromatic amines is 1. The molecular formula is C19H25N. The van der Waals surface area contributed by atoms with Gasteiger partial charge < -0.3 is 4.98 Å². The van der Waals surface area contributed by atoms with Crippen LogP contribution < -0.4 is 0 Å². The van der Waals surface area contributed by atoms with E-state index in [4.69, 9.17) is 0 Å². The van der Waals surface area contributed by atoms with Gasteiger partial charge in [-0.15, -0.1) is 0 Å². The van der Waals surface area contributed by atoms with E-state index in [1.54, 1.807) is 0 Å². The number of hydrogen-bond donors (Lipinski definition) is 1. The molecule has 1 atom stereocenters. The van der Waals surface area contributed by atoms with Crippen molar-refractivity contribution in [2.45, 2.75) is 46.0 Å². The van der Waals surface area contributed by atoms with Gasteiger partial charge in [0.2, 0.25) is 0 Å². The Hall–Kier alpha value is -1.50. The van der Waals surface area contributed by atoms with Crippen LogP contribution in [0.1, 0.15) is 45.1 Å². The second-order valence-electron chi connectivity index (χ2n) is 6.62. The van der Waals surface area contributed by atoms with Gasteiger partial charge in [0.05, 0.1) is 0 Å². The number of para-hydroxylation sites is 1. The van der Waals surface area contributed by atoms with Crippen molar-refractivity contribution in [1.82, 2.24) is 4.98 Å². The highest BCUT2D eigenvalue weighted by molar-refractivity contribution is 5.83. The van der Waals surface area contributed by atoms with Gasteiger partial charge in [0, 0.05) is 22.5 Å². The van der Waals surface area contributed by atoms with Crippen LogP contribution in [0.15, 0.2) is 42.6 Å². The van der Waals surface area contributed by atoms with Crippen LogP contribution in [0.25, 0.3) is 10.9 Å². The summed E-state index contributed by atoms with van der Waals surface area (Å²) in [6.07, 6.45) is 13.5. The zero-order chi connectivity index (χ0) is 14.0. The van der Waals surface area contributed by atoms with Gasteiger partial charge in [-0.25, -0.2) is 0 Å². The lowest BCUT2D eigenvalue weighted by Crippen LogP contribution is -2.11. The molecule has 0 fully saturated rings. The third kappa shape index (κ3) is 2.98. The molecule has 1 heterocycles. The summed E-state index contributed by atoms with van der Waals surface area (Å²) in [5, 5.41) is 1.41. The Balaban J connectivity index is 1.74. The summed E-state index contributed by atoms with van der Waals surface area (Å²) in [6, 6.07) is 8.66. The Kier molecular flexibility index (Phi) is 3.69. The number of nitrogens with one attached hydrogen (secondary N) is 1. The van der Waals surface area contributed by atoms with Gasteiger partial charge in [-0.05, 0) is 30.4 Å². The van der Waals surface area contributed by atoms with E-state index in [0.29, 0.717) is 5.41 Å². The minimum Gasteiger partial charge on any atom is -0.361 e. The summed E-state index contributed by atoms with van der Waals surface area (Å²) in [6.45, 7) is 4.65. The van der Waals surface area contributed by atoms with E-state index >= 15 is 0 Å². The number of hydrogen-bond acceptors (Lipinski definition) is 0. The molecule has 0 radical (unpaired) electrons. The molecule has 1 unspecified atom stereocenters. The Morgan fingerprint density at radius 2 is 2.00 bits per heavy atom. The highest BCUT2D eigenvalue weighted by Crippen LogP contribution is 2.42. The van der Waals surface area contributed by atoms with E-state index in [2.05, 4.69) is 61.4 Å². The fraction of sp³-hybridized carbons (Fsp3) is 0.474. The largest absolute Gasteiger partial charge is 0.361 e. The molecule has 106 valence electrons. The topological polar surface area (TPSA) is 15.8 Å². The number of aromatic nitrogens is 1. The van der Waals surface area contributed by atoms with E-state index in [0.717, 1.165) is 5.92 Å². The van der Waals surface area contributed by atoms with Gasteiger partial charge in [0.1, 0.15) is 0 Å². The molecule has 0 amide bonds. The average Bonchev–Trinajstić information content (AvgIpc) is 3.04. The summed E-state index contributed by atoms with van der Waals surface area (Å²) in [4.78, 5) is 3.41. The summed E-state index contributed by atoms with van der Waals surface area (Å²) in [5.74, 6) is 0.800. The maximum atomic E-state index is 3.41. The number of fused-ring (bicyclic) bond motifs is 1. The van der Waals surface area contributed by atoms with Gasteiger partial charge >= 0.3 is 0 Å². The van der Waals surface area contributed by atoms with Crippen LogP contribution in [0.3, 0.4) is 0 Å². The molecular weight excluding hydrogens is 242 g/mol. The van der Waals surface area contributed by atoms with Crippen LogP contribution in [0, 0.1) is 11.3 Å². The molecule has 1 aliphatic rings. The predicted octanol–water partition coefficient (Wildman–Crippen LogP) is 5.48. The van der Waals surface area contributed by atoms with Crippen molar-refractivity contribution in [3.05, 3.63) is 48.2 Å². The van der Waals surface area contributed by atoms with E-state index in [1.807, 2.05) is 0 Å². The van der Waals surface area contributed by atoms with Gasteiger partial charge in [0.15, 0.2) is 0 Å². The average molecular weight is 267 g/mol. The molecule has 1 nitrogen and oxygen atoms in total. The maximum Gasteiger partial charge on any atom is 0.0456 e. The van der Waals surface area contributed by atoms with Crippen LogP contribution in [0.5, 0.6) is 0 Å². The van der Waals surface area contributed by atoms with Gasteiger partial charge in [0.25, 0.3) is 0 Å². The molecule has 20 heavy (non-hydrogen) atoms. The third-order valence-corrected chi connectivity index (χ3v) is 4.61. The molecule has 0 saturated heterocycles. The molecule has 1 N–H and O–H groups in total. The van der Waals surface area contributed by atoms with Gasteiger partial charge in [-0.3, -0.25) is 0 Å². The molecule has 0 bridgehead atoms. The predicted molar refractivity (Wildman–Crippen MR) is 86.9 cm³/mol. The van der Waals surface area contributed by atoms with Crippen molar-refractivity contribution < 1.29 is 0 Å². The smallest absolute Gasteiger partial charge is 0.0456 e. The fourth-order valence-electron chi connectivity index (χ4n) is 3.28. The summed E-state index contributed by atoms with van der Waals surface area (Å²) < 4.78 is 0.